The van der Waals surface area contributed by atoms with Gasteiger partial charge in [-0.2, -0.15) is 0 Å². The smallest absolute Gasteiger partial charge is 0.157 e. The molecule has 0 saturated heterocycles. The summed E-state index contributed by atoms with van der Waals surface area (Å²) in [5.41, 5.74) is 3.28. The molecule has 0 atom stereocenters. The van der Waals surface area contributed by atoms with E-state index in [-0.39, 0.29) is 11.5 Å². The zero-order valence-electron chi connectivity index (χ0n) is 10.2. The van der Waals surface area contributed by atoms with Crippen LogP contribution in [-0.4, -0.2) is 15.2 Å². The minimum atomic E-state index is -0.0938. The highest BCUT2D eigenvalue weighted by molar-refractivity contribution is 5.40. The second kappa shape index (κ2) is 5.51. The van der Waals surface area contributed by atoms with Gasteiger partial charge in [0.25, 0.3) is 0 Å². The van der Waals surface area contributed by atoms with Crippen molar-refractivity contribution in [1.29, 1.82) is 0 Å². The first-order valence-corrected chi connectivity index (χ1v) is 5.78. The summed E-state index contributed by atoms with van der Waals surface area (Å²) in [7, 11) is 0. The summed E-state index contributed by atoms with van der Waals surface area (Å²) in [5, 5.41) is 21.9. The quantitative estimate of drug-likeness (QED) is 0.720. The number of benzene rings is 1. The zero-order valence-corrected chi connectivity index (χ0v) is 10.2. The Morgan fingerprint density at radius 1 is 1.11 bits per heavy atom. The van der Waals surface area contributed by atoms with Gasteiger partial charge in [0.15, 0.2) is 11.5 Å². The topological polar surface area (TPSA) is 65.4 Å². The molecule has 0 aliphatic rings. The Balaban J connectivity index is 1.92. The Labute approximate surface area is 106 Å². The van der Waals surface area contributed by atoms with E-state index in [0.717, 1.165) is 17.7 Å². The van der Waals surface area contributed by atoms with E-state index in [2.05, 4.69) is 10.3 Å². The van der Waals surface area contributed by atoms with Gasteiger partial charge >= 0.3 is 0 Å². The number of phenolic OH excluding ortho intramolecular Hbond substituents is 2. The third-order valence-corrected chi connectivity index (χ3v) is 2.82. The predicted octanol–water partition coefficient (Wildman–Crippen LogP) is 2.09. The van der Waals surface area contributed by atoms with E-state index < -0.39 is 0 Å². The zero-order chi connectivity index (χ0) is 13.0. The van der Waals surface area contributed by atoms with Crippen molar-refractivity contribution in [3.63, 3.8) is 0 Å². The Kier molecular flexibility index (Phi) is 3.79. The molecular formula is C14H16N2O2. The summed E-state index contributed by atoms with van der Waals surface area (Å²) >= 11 is 0. The number of pyridine rings is 1. The van der Waals surface area contributed by atoms with Gasteiger partial charge in [0.1, 0.15) is 0 Å². The van der Waals surface area contributed by atoms with E-state index in [1.54, 1.807) is 18.3 Å². The lowest BCUT2D eigenvalue weighted by Gasteiger charge is -2.08. The molecule has 0 saturated carbocycles. The first-order valence-electron chi connectivity index (χ1n) is 5.78. The second-order valence-corrected chi connectivity index (χ2v) is 4.23. The second-order valence-electron chi connectivity index (χ2n) is 4.23. The summed E-state index contributed by atoms with van der Waals surface area (Å²) in [4.78, 5) is 4.04. The summed E-state index contributed by atoms with van der Waals surface area (Å²) < 4.78 is 0. The van der Waals surface area contributed by atoms with E-state index in [1.807, 2.05) is 19.2 Å². The first kappa shape index (κ1) is 12.4. The van der Waals surface area contributed by atoms with E-state index in [9.17, 15) is 10.2 Å². The molecular weight excluding hydrogens is 228 g/mol. The third kappa shape index (κ3) is 2.99. The summed E-state index contributed by atoms with van der Waals surface area (Å²) in [6.07, 6.45) is 3.61. The van der Waals surface area contributed by atoms with Gasteiger partial charge in [-0.15, -0.1) is 0 Å². The van der Waals surface area contributed by atoms with Crippen LogP contribution in [0.1, 0.15) is 16.7 Å². The number of nitrogens with one attached hydrogen (secondary N) is 1. The number of nitrogens with zero attached hydrogens (tertiary/aromatic N) is 1. The Morgan fingerprint density at radius 2 is 1.94 bits per heavy atom. The minimum Gasteiger partial charge on any atom is -0.504 e. The van der Waals surface area contributed by atoms with Crippen LogP contribution in [0.5, 0.6) is 11.5 Å². The highest BCUT2D eigenvalue weighted by atomic mass is 16.3. The van der Waals surface area contributed by atoms with Gasteiger partial charge in [0, 0.05) is 25.5 Å². The molecule has 0 aliphatic heterocycles. The Hall–Kier alpha value is -2.07. The molecule has 0 aliphatic carbocycles. The molecule has 0 unspecified atom stereocenters. The van der Waals surface area contributed by atoms with Gasteiger partial charge in [-0.05, 0) is 41.8 Å². The van der Waals surface area contributed by atoms with Crippen LogP contribution < -0.4 is 5.32 Å². The molecule has 18 heavy (non-hydrogen) atoms. The molecule has 2 aromatic rings. The van der Waals surface area contributed by atoms with E-state index >= 15 is 0 Å². The first-order chi connectivity index (χ1) is 8.66. The fraction of sp³-hybridized carbons (Fsp3) is 0.214. The van der Waals surface area contributed by atoms with Gasteiger partial charge in [-0.25, -0.2) is 0 Å². The van der Waals surface area contributed by atoms with Crippen LogP contribution in [0.4, 0.5) is 0 Å². The molecule has 94 valence electrons. The van der Waals surface area contributed by atoms with Crippen LogP contribution in [0.2, 0.25) is 0 Å². The predicted molar refractivity (Wildman–Crippen MR) is 69.3 cm³/mol. The van der Waals surface area contributed by atoms with Crippen molar-refractivity contribution in [2.75, 3.05) is 0 Å². The molecule has 1 aromatic carbocycles. The highest BCUT2D eigenvalue weighted by Crippen LogP contribution is 2.24. The number of aryl methyl sites for hydroxylation is 1. The molecule has 2 rings (SSSR count). The van der Waals surface area contributed by atoms with Crippen molar-refractivity contribution in [2.45, 2.75) is 20.0 Å². The summed E-state index contributed by atoms with van der Waals surface area (Å²) in [5.74, 6) is -0.182. The summed E-state index contributed by atoms with van der Waals surface area (Å²) in [6, 6.07) is 6.81. The van der Waals surface area contributed by atoms with Crippen molar-refractivity contribution < 1.29 is 10.2 Å². The molecule has 3 N–H and O–H groups in total. The fourth-order valence-electron chi connectivity index (χ4n) is 1.72. The molecule has 4 nitrogen and oxygen atoms in total. The number of phenols is 2. The largest absolute Gasteiger partial charge is 0.504 e. The van der Waals surface area contributed by atoms with Crippen LogP contribution in [-0.2, 0) is 13.1 Å². The van der Waals surface area contributed by atoms with Gasteiger partial charge in [0.2, 0.25) is 0 Å². The average molecular weight is 244 g/mol. The van der Waals surface area contributed by atoms with Crippen molar-refractivity contribution in [3.05, 3.63) is 53.3 Å². The number of hydrogen-bond donors (Lipinski definition) is 3. The monoisotopic (exact) mass is 244 g/mol. The molecule has 4 heteroatoms. The van der Waals surface area contributed by atoms with Crippen LogP contribution in [0.25, 0.3) is 0 Å². The molecule has 1 aromatic heterocycles. The molecule has 0 bridgehead atoms. The molecule has 0 spiro atoms. The fourth-order valence-corrected chi connectivity index (χ4v) is 1.72. The molecule has 1 heterocycles. The maximum Gasteiger partial charge on any atom is 0.157 e. The van der Waals surface area contributed by atoms with E-state index in [4.69, 9.17) is 0 Å². The third-order valence-electron chi connectivity index (χ3n) is 2.82. The van der Waals surface area contributed by atoms with E-state index in [0.29, 0.717) is 6.54 Å². The number of hydrogen-bond acceptors (Lipinski definition) is 4. The highest BCUT2D eigenvalue weighted by Gasteiger charge is 2.01. The lowest BCUT2D eigenvalue weighted by atomic mass is 10.1. The van der Waals surface area contributed by atoms with Crippen molar-refractivity contribution in [1.82, 2.24) is 10.3 Å². The SMILES string of the molecule is Cc1cnccc1CNCc1ccc(O)c(O)c1. The number of rotatable bonds is 4. The maximum absolute atomic E-state index is 9.37. The Morgan fingerprint density at radius 3 is 2.67 bits per heavy atom. The van der Waals surface area contributed by atoms with Gasteiger partial charge in [-0.3, -0.25) is 4.98 Å². The molecule has 0 amide bonds. The van der Waals surface area contributed by atoms with Gasteiger partial charge < -0.3 is 15.5 Å². The van der Waals surface area contributed by atoms with Crippen molar-refractivity contribution >= 4 is 0 Å². The lowest BCUT2D eigenvalue weighted by Crippen LogP contribution is -2.13. The maximum atomic E-state index is 9.37. The minimum absolute atomic E-state index is 0.0885. The number of aromatic nitrogens is 1. The summed E-state index contributed by atoms with van der Waals surface area (Å²) in [6.45, 7) is 3.40. The van der Waals surface area contributed by atoms with Crippen LogP contribution in [0.15, 0.2) is 36.7 Å². The van der Waals surface area contributed by atoms with E-state index in [1.165, 1.54) is 11.6 Å². The van der Waals surface area contributed by atoms with Crippen LogP contribution >= 0.6 is 0 Å². The lowest BCUT2D eigenvalue weighted by molar-refractivity contribution is 0.403. The molecule has 0 radical (unpaired) electrons. The van der Waals surface area contributed by atoms with Crippen LogP contribution in [0, 0.1) is 6.92 Å². The van der Waals surface area contributed by atoms with Crippen LogP contribution in [0.3, 0.4) is 0 Å². The van der Waals surface area contributed by atoms with Gasteiger partial charge in [0.05, 0.1) is 0 Å². The standard InChI is InChI=1S/C14H16N2O2/c1-10-7-15-5-4-12(10)9-16-8-11-2-3-13(17)14(18)6-11/h2-7,16-18H,8-9H2,1H3. The number of aromatic hydroxyl groups is 2. The normalized spacial score (nSPS) is 10.5. The average Bonchev–Trinajstić information content (AvgIpc) is 2.36. The van der Waals surface area contributed by atoms with Gasteiger partial charge in [-0.1, -0.05) is 6.07 Å². The molecule has 0 fully saturated rings. The van der Waals surface area contributed by atoms with Crippen molar-refractivity contribution in [2.24, 2.45) is 0 Å². The Bertz CT molecular complexity index is 541. The van der Waals surface area contributed by atoms with Crippen molar-refractivity contribution in [3.8, 4) is 11.5 Å².